The summed E-state index contributed by atoms with van der Waals surface area (Å²) in [6.07, 6.45) is 0. The van der Waals surface area contributed by atoms with E-state index in [9.17, 15) is 4.79 Å². The lowest BCUT2D eigenvalue weighted by Crippen LogP contribution is -2.06. The summed E-state index contributed by atoms with van der Waals surface area (Å²) in [6.45, 7) is 0.222. The number of anilines is 1. The van der Waals surface area contributed by atoms with Crippen LogP contribution in [0.3, 0.4) is 0 Å². The molecule has 18 heavy (non-hydrogen) atoms. The molecule has 0 unspecified atom stereocenters. The Hall–Kier alpha value is -1.04. The van der Waals surface area contributed by atoms with Crippen LogP contribution < -0.4 is 5.73 Å². The maximum Gasteiger partial charge on any atom is 0.340 e. The van der Waals surface area contributed by atoms with Crippen molar-refractivity contribution >= 4 is 50.5 Å². The molecule has 1 aromatic heterocycles. The Morgan fingerprint density at radius 3 is 2.83 bits per heavy atom. The Labute approximate surface area is 122 Å². The van der Waals surface area contributed by atoms with Crippen LogP contribution in [-0.4, -0.2) is 5.97 Å². The third-order valence-electron chi connectivity index (χ3n) is 2.18. The Morgan fingerprint density at radius 2 is 2.17 bits per heavy atom. The zero-order valence-electron chi connectivity index (χ0n) is 9.15. The first-order valence-electron chi connectivity index (χ1n) is 5.02. The van der Waals surface area contributed by atoms with Crippen LogP contribution in [0, 0.1) is 0 Å². The second-order valence-corrected chi connectivity index (χ2v) is 6.48. The molecule has 3 nitrogen and oxygen atoms in total. The van der Waals surface area contributed by atoms with E-state index in [1.54, 1.807) is 12.1 Å². The topological polar surface area (TPSA) is 52.3 Å². The lowest BCUT2D eigenvalue weighted by atomic mass is 10.2. The Balaban J connectivity index is 2.05. The zero-order valence-corrected chi connectivity index (χ0v) is 12.3. The van der Waals surface area contributed by atoms with Gasteiger partial charge in [-0.1, -0.05) is 11.6 Å². The van der Waals surface area contributed by atoms with Crippen molar-refractivity contribution in [3.63, 3.8) is 0 Å². The van der Waals surface area contributed by atoms with Crippen LogP contribution >= 0.6 is 38.9 Å². The van der Waals surface area contributed by atoms with E-state index in [0.29, 0.717) is 10.7 Å². The molecule has 94 valence electrons. The number of carbonyl (C=O) groups is 1. The monoisotopic (exact) mass is 345 g/mol. The van der Waals surface area contributed by atoms with Crippen molar-refractivity contribution in [2.75, 3.05) is 5.73 Å². The highest BCUT2D eigenvalue weighted by Gasteiger charge is 2.12. The van der Waals surface area contributed by atoms with Crippen molar-refractivity contribution in [2.24, 2.45) is 0 Å². The van der Waals surface area contributed by atoms with Gasteiger partial charge >= 0.3 is 5.97 Å². The fourth-order valence-electron chi connectivity index (χ4n) is 1.34. The molecule has 6 heteroatoms. The van der Waals surface area contributed by atoms with Gasteiger partial charge in [0.1, 0.15) is 6.61 Å². The molecule has 0 spiro atoms. The van der Waals surface area contributed by atoms with E-state index >= 15 is 0 Å². The highest BCUT2D eigenvalue weighted by molar-refractivity contribution is 9.11. The fraction of sp³-hybridized carbons (Fsp3) is 0.0833. The van der Waals surface area contributed by atoms with Crippen molar-refractivity contribution in [1.82, 2.24) is 0 Å². The predicted octanol–water partition coefficient (Wildman–Crippen LogP) is 4.10. The summed E-state index contributed by atoms with van der Waals surface area (Å²) in [5.74, 6) is -0.475. The SMILES string of the molecule is Nc1ccc(Cl)c(C(=O)OCc2ccc(Br)s2)c1. The van der Waals surface area contributed by atoms with Gasteiger partial charge in [0, 0.05) is 10.6 Å². The van der Waals surface area contributed by atoms with Crippen LogP contribution in [0.5, 0.6) is 0 Å². The number of benzene rings is 1. The molecule has 0 aliphatic carbocycles. The smallest absolute Gasteiger partial charge is 0.340 e. The lowest BCUT2D eigenvalue weighted by Gasteiger charge is -2.05. The molecular formula is C12H9BrClNO2S. The number of ether oxygens (including phenoxy) is 1. The first kappa shape index (κ1) is 13.4. The molecule has 2 aromatic rings. The summed E-state index contributed by atoms with van der Waals surface area (Å²) in [4.78, 5) is 12.8. The highest BCUT2D eigenvalue weighted by Crippen LogP contribution is 2.24. The number of carbonyl (C=O) groups excluding carboxylic acids is 1. The summed E-state index contributed by atoms with van der Waals surface area (Å²) >= 11 is 10.8. The van der Waals surface area contributed by atoms with Crippen LogP contribution in [0.2, 0.25) is 5.02 Å². The quantitative estimate of drug-likeness (QED) is 0.672. The molecule has 0 aliphatic heterocycles. The number of halogens is 2. The first-order valence-corrected chi connectivity index (χ1v) is 7.01. The largest absolute Gasteiger partial charge is 0.456 e. The summed E-state index contributed by atoms with van der Waals surface area (Å²) in [5, 5.41) is 0.335. The van der Waals surface area contributed by atoms with Crippen LogP contribution in [0.25, 0.3) is 0 Å². The molecule has 1 aromatic carbocycles. The fourth-order valence-corrected chi connectivity index (χ4v) is 2.93. The van der Waals surface area contributed by atoms with Gasteiger partial charge in [-0.05, 0) is 46.3 Å². The molecule has 0 saturated carbocycles. The number of hydrogen-bond acceptors (Lipinski definition) is 4. The molecule has 0 radical (unpaired) electrons. The molecule has 0 atom stereocenters. The van der Waals surface area contributed by atoms with Crippen LogP contribution in [-0.2, 0) is 11.3 Å². The Morgan fingerprint density at radius 1 is 1.39 bits per heavy atom. The summed E-state index contributed by atoms with van der Waals surface area (Å²) in [7, 11) is 0. The molecule has 2 rings (SSSR count). The van der Waals surface area contributed by atoms with Gasteiger partial charge < -0.3 is 10.5 Å². The summed E-state index contributed by atoms with van der Waals surface area (Å²) in [6, 6.07) is 8.52. The Bertz CT molecular complexity index is 585. The average Bonchev–Trinajstić information content (AvgIpc) is 2.75. The highest BCUT2D eigenvalue weighted by atomic mass is 79.9. The van der Waals surface area contributed by atoms with E-state index in [-0.39, 0.29) is 12.2 Å². The van der Waals surface area contributed by atoms with Crippen molar-refractivity contribution < 1.29 is 9.53 Å². The molecule has 0 bridgehead atoms. The van der Waals surface area contributed by atoms with Gasteiger partial charge in [-0.25, -0.2) is 4.79 Å². The van der Waals surface area contributed by atoms with Gasteiger partial charge in [0.25, 0.3) is 0 Å². The van der Waals surface area contributed by atoms with Crippen molar-refractivity contribution in [3.05, 3.63) is 49.6 Å². The number of thiophene rings is 1. The van der Waals surface area contributed by atoms with Gasteiger partial charge in [0.05, 0.1) is 14.4 Å². The first-order chi connectivity index (χ1) is 8.56. The third-order valence-corrected chi connectivity index (χ3v) is 4.11. The number of nitrogen functional groups attached to an aromatic ring is 1. The minimum absolute atomic E-state index is 0.222. The second-order valence-electron chi connectivity index (χ2n) is 3.52. The molecule has 2 N–H and O–H groups in total. The van der Waals surface area contributed by atoms with Gasteiger partial charge in [0.15, 0.2) is 0 Å². The van der Waals surface area contributed by atoms with E-state index in [1.807, 2.05) is 12.1 Å². The van der Waals surface area contributed by atoms with Crippen molar-refractivity contribution in [1.29, 1.82) is 0 Å². The van der Waals surface area contributed by atoms with E-state index in [0.717, 1.165) is 8.66 Å². The standard InChI is InChI=1S/C12H9BrClNO2S/c13-11-4-2-8(18-11)6-17-12(16)9-5-7(15)1-3-10(9)14/h1-5H,6,15H2. The van der Waals surface area contributed by atoms with E-state index in [4.69, 9.17) is 22.1 Å². The molecule has 0 amide bonds. The summed E-state index contributed by atoms with van der Waals surface area (Å²) < 4.78 is 6.17. The normalized spacial score (nSPS) is 10.3. The summed E-state index contributed by atoms with van der Waals surface area (Å²) in [5.41, 5.74) is 6.37. The number of rotatable bonds is 3. The number of esters is 1. The van der Waals surface area contributed by atoms with Gasteiger partial charge in [0.2, 0.25) is 0 Å². The van der Waals surface area contributed by atoms with Crippen molar-refractivity contribution in [2.45, 2.75) is 6.61 Å². The second kappa shape index (κ2) is 5.73. The van der Waals surface area contributed by atoms with Gasteiger partial charge in [-0.15, -0.1) is 11.3 Å². The van der Waals surface area contributed by atoms with E-state index < -0.39 is 5.97 Å². The minimum Gasteiger partial charge on any atom is -0.456 e. The van der Waals surface area contributed by atoms with Crippen LogP contribution in [0.1, 0.15) is 15.2 Å². The molecular weight excluding hydrogens is 338 g/mol. The Kier molecular flexibility index (Phi) is 4.27. The maximum atomic E-state index is 11.8. The predicted molar refractivity (Wildman–Crippen MR) is 77.0 cm³/mol. The molecule has 0 saturated heterocycles. The maximum absolute atomic E-state index is 11.8. The molecule has 0 fully saturated rings. The molecule has 1 heterocycles. The van der Waals surface area contributed by atoms with Gasteiger partial charge in [-0.3, -0.25) is 0 Å². The minimum atomic E-state index is -0.475. The lowest BCUT2D eigenvalue weighted by molar-refractivity contribution is 0.0477. The third kappa shape index (κ3) is 3.25. The van der Waals surface area contributed by atoms with Gasteiger partial charge in [-0.2, -0.15) is 0 Å². The van der Waals surface area contributed by atoms with E-state index in [2.05, 4.69) is 15.9 Å². The molecule has 0 aliphatic rings. The van der Waals surface area contributed by atoms with E-state index in [1.165, 1.54) is 17.4 Å². The van der Waals surface area contributed by atoms with Crippen molar-refractivity contribution in [3.8, 4) is 0 Å². The average molecular weight is 347 g/mol. The number of nitrogens with two attached hydrogens (primary N) is 1. The zero-order chi connectivity index (χ0) is 13.1. The van der Waals surface area contributed by atoms with Crippen LogP contribution in [0.4, 0.5) is 5.69 Å². The number of hydrogen-bond donors (Lipinski definition) is 1. The van der Waals surface area contributed by atoms with Crippen LogP contribution in [0.15, 0.2) is 34.1 Å².